The van der Waals surface area contributed by atoms with E-state index in [2.05, 4.69) is 15.6 Å². The van der Waals surface area contributed by atoms with Crippen molar-refractivity contribution in [3.63, 3.8) is 0 Å². The van der Waals surface area contributed by atoms with Crippen LogP contribution in [0, 0.1) is 0 Å². The van der Waals surface area contributed by atoms with Crippen LogP contribution in [0.2, 0.25) is 0 Å². The van der Waals surface area contributed by atoms with Gasteiger partial charge in [-0.2, -0.15) is 0 Å². The first-order valence-corrected chi connectivity index (χ1v) is 7.73. The summed E-state index contributed by atoms with van der Waals surface area (Å²) < 4.78 is 5.14. The Morgan fingerprint density at radius 2 is 2.00 bits per heavy atom. The van der Waals surface area contributed by atoms with Crippen LogP contribution in [0.15, 0.2) is 48.8 Å². The van der Waals surface area contributed by atoms with Crippen molar-refractivity contribution < 1.29 is 9.53 Å². The van der Waals surface area contributed by atoms with Gasteiger partial charge in [-0.05, 0) is 49.1 Å². The number of nitrogens with one attached hydrogen (secondary N) is 2. The summed E-state index contributed by atoms with van der Waals surface area (Å²) in [7, 11) is 1.66. The van der Waals surface area contributed by atoms with E-state index < -0.39 is 0 Å². The Bertz CT molecular complexity index is 599. The van der Waals surface area contributed by atoms with E-state index in [1.54, 1.807) is 19.5 Å². The van der Waals surface area contributed by atoms with Crippen molar-refractivity contribution in [3.8, 4) is 5.75 Å². The fourth-order valence-electron chi connectivity index (χ4n) is 2.21. The van der Waals surface area contributed by atoms with E-state index in [0.29, 0.717) is 6.54 Å². The first kappa shape index (κ1) is 16.8. The van der Waals surface area contributed by atoms with Gasteiger partial charge in [0.25, 0.3) is 0 Å². The number of aryl methyl sites for hydroxylation is 1. The molecule has 0 aliphatic carbocycles. The summed E-state index contributed by atoms with van der Waals surface area (Å²) in [6, 6.07) is 11.7. The molecule has 1 heterocycles. The number of rotatable bonds is 7. The smallest absolute Gasteiger partial charge is 0.315 e. The highest BCUT2D eigenvalue weighted by Gasteiger charge is 2.07. The molecule has 122 valence electrons. The lowest BCUT2D eigenvalue weighted by Gasteiger charge is -2.15. The van der Waals surface area contributed by atoms with Gasteiger partial charge in [-0.1, -0.05) is 18.2 Å². The molecule has 0 radical (unpaired) electrons. The first-order valence-electron chi connectivity index (χ1n) is 7.73. The van der Waals surface area contributed by atoms with Crippen LogP contribution in [0.5, 0.6) is 5.75 Å². The molecule has 2 aromatic rings. The van der Waals surface area contributed by atoms with Crippen LogP contribution in [0.4, 0.5) is 4.79 Å². The zero-order valence-corrected chi connectivity index (χ0v) is 13.6. The van der Waals surface area contributed by atoms with E-state index in [0.717, 1.165) is 24.2 Å². The largest absolute Gasteiger partial charge is 0.497 e. The van der Waals surface area contributed by atoms with Crippen LogP contribution in [-0.4, -0.2) is 24.2 Å². The van der Waals surface area contributed by atoms with Crippen molar-refractivity contribution in [2.24, 2.45) is 0 Å². The number of nitrogens with zero attached hydrogens (tertiary/aromatic N) is 1. The molecule has 0 aliphatic heterocycles. The van der Waals surface area contributed by atoms with Crippen molar-refractivity contribution in [1.82, 2.24) is 15.6 Å². The Morgan fingerprint density at radius 1 is 1.22 bits per heavy atom. The van der Waals surface area contributed by atoms with Crippen LogP contribution < -0.4 is 15.4 Å². The molecular formula is C18H23N3O2. The molecule has 1 aromatic heterocycles. The highest BCUT2D eigenvalue weighted by molar-refractivity contribution is 5.74. The summed E-state index contributed by atoms with van der Waals surface area (Å²) in [6.45, 7) is 2.48. The number of carbonyl (C=O) groups excluding carboxylic acids is 1. The molecule has 0 aliphatic rings. The highest BCUT2D eigenvalue weighted by atomic mass is 16.5. The Balaban J connectivity index is 1.69. The Kier molecular flexibility index (Phi) is 6.41. The minimum Gasteiger partial charge on any atom is -0.497 e. The predicted octanol–water partition coefficient (Wildman–Crippen LogP) is 2.91. The van der Waals surface area contributed by atoms with E-state index in [9.17, 15) is 4.79 Å². The maximum atomic E-state index is 11.9. The molecule has 5 heteroatoms. The second kappa shape index (κ2) is 8.78. The molecule has 0 bridgehead atoms. The van der Waals surface area contributed by atoms with Crippen LogP contribution in [0.1, 0.15) is 24.5 Å². The molecule has 2 rings (SSSR count). The lowest BCUT2D eigenvalue weighted by atomic mass is 10.1. The number of hydrogen-bond donors (Lipinski definition) is 2. The second-order valence-electron chi connectivity index (χ2n) is 5.48. The van der Waals surface area contributed by atoms with Crippen LogP contribution >= 0.6 is 0 Å². The van der Waals surface area contributed by atoms with Crippen LogP contribution in [0.3, 0.4) is 0 Å². The van der Waals surface area contributed by atoms with E-state index in [-0.39, 0.29) is 12.1 Å². The van der Waals surface area contributed by atoms with Gasteiger partial charge in [0, 0.05) is 25.0 Å². The summed E-state index contributed by atoms with van der Waals surface area (Å²) in [6.07, 6.45) is 5.25. The molecular weight excluding hydrogens is 290 g/mol. The van der Waals surface area contributed by atoms with E-state index in [4.69, 9.17) is 4.74 Å². The summed E-state index contributed by atoms with van der Waals surface area (Å²) in [5.74, 6) is 0.856. The molecule has 0 fully saturated rings. The maximum Gasteiger partial charge on any atom is 0.315 e. The van der Waals surface area contributed by atoms with Gasteiger partial charge < -0.3 is 15.4 Å². The molecule has 1 atom stereocenters. The zero-order chi connectivity index (χ0) is 16.5. The van der Waals surface area contributed by atoms with Gasteiger partial charge in [0.2, 0.25) is 0 Å². The highest BCUT2D eigenvalue weighted by Crippen LogP contribution is 2.13. The average Bonchev–Trinajstić information content (AvgIpc) is 2.59. The zero-order valence-electron chi connectivity index (χ0n) is 13.6. The third kappa shape index (κ3) is 5.98. The second-order valence-corrected chi connectivity index (χ2v) is 5.48. The number of aromatic nitrogens is 1. The summed E-state index contributed by atoms with van der Waals surface area (Å²) in [4.78, 5) is 15.9. The van der Waals surface area contributed by atoms with E-state index >= 15 is 0 Å². The van der Waals surface area contributed by atoms with Gasteiger partial charge in [0.05, 0.1) is 7.11 Å². The van der Waals surface area contributed by atoms with Crippen molar-refractivity contribution in [1.29, 1.82) is 0 Å². The number of methoxy groups -OCH3 is 1. The number of hydrogen-bond acceptors (Lipinski definition) is 3. The van der Waals surface area contributed by atoms with Crippen LogP contribution in [-0.2, 0) is 13.0 Å². The minimum atomic E-state index is -0.156. The molecule has 23 heavy (non-hydrogen) atoms. The van der Waals surface area contributed by atoms with Gasteiger partial charge in [-0.15, -0.1) is 0 Å². The van der Waals surface area contributed by atoms with Gasteiger partial charge in [0.15, 0.2) is 0 Å². The standard InChI is InChI=1S/C18H23N3O2/c1-14(5-6-15-7-9-17(23-2)10-8-15)21-18(22)20-13-16-4-3-11-19-12-16/h3-4,7-12,14H,5-6,13H2,1-2H3,(H2,20,21,22)/t14-/m1/s1. The summed E-state index contributed by atoms with van der Waals surface area (Å²) in [5.41, 5.74) is 2.21. The molecule has 0 saturated heterocycles. The Labute approximate surface area is 137 Å². The normalized spacial score (nSPS) is 11.6. The molecule has 1 aromatic carbocycles. The third-order valence-electron chi connectivity index (χ3n) is 3.58. The Hall–Kier alpha value is -2.56. The molecule has 5 nitrogen and oxygen atoms in total. The number of ether oxygens (including phenoxy) is 1. The average molecular weight is 313 g/mol. The predicted molar refractivity (Wildman–Crippen MR) is 90.4 cm³/mol. The minimum absolute atomic E-state index is 0.103. The number of carbonyl (C=O) groups is 1. The molecule has 0 spiro atoms. The maximum absolute atomic E-state index is 11.9. The quantitative estimate of drug-likeness (QED) is 0.826. The number of benzene rings is 1. The van der Waals surface area contributed by atoms with Gasteiger partial charge in [0.1, 0.15) is 5.75 Å². The van der Waals surface area contributed by atoms with E-state index in [1.807, 2.05) is 43.3 Å². The van der Waals surface area contributed by atoms with Crippen molar-refractivity contribution >= 4 is 6.03 Å². The lowest BCUT2D eigenvalue weighted by molar-refractivity contribution is 0.237. The molecule has 0 saturated carbocycles. The first-order chi connectivity index (χ1) is 11.2. The monoisotopic (exact) mass is 313 g/mol. The van der Waals surface area contributed by atoms with Crippen LogP contribution in [0.25, 0.3) is 0 Å². The van der Waals surface area contributed by atoms with E-state index in [1.165, 1.54) is 5.56 Å². The van der Waals surface area contributed by atoms with Gasteiger partial charge in [-0.3, -0.25) is 4.98 Å². The van der Waals surface area contributed by atoms with Gasteiger partial charge in [-0.25, -0.2) is 4.79 Å². The molecule has 2 amide bonds. The third-order valence-corrected chi connectivity index (χ3v) is 3.58. The number of urea groups is 1. The summed E-state index contributed by atoms with van der Waals surface area (Å²) in [5, 5.41) is 5.78. The Morgan fingerprint density at radius 3 is 2.65 bits per heavy atom. The number of amides is 2. The fourth-order valence-corrected chi connectivity index (χ4v) is 2.21. The fraction of sp³-hybridized carbons (Fsp3) is 0.333. The number of pyridine rings is 1. The van der Waals surface area contributed by atoms with Crippen molar-refractivity contribution in [3.05, 3.63) is 59.9 Å². The van der Waals surface area contributed by atoms with Gasteiger partial charge >= 0.3 is 6.03 Å². The summed E-state index contributed by atoms with van der Waals surface area (Å²) >= 11 is 0. The topological polar surface area (TPSA) is 63.2 Å². The SMILES string of the molecule is COc1ccc(CC[C@@H](C)NC(=O)NCc2cccnc2)cc1. The molecule has 0 unspecified atom stereocenters. The lowest BCUT2D eigenvalue weighted by Crippen LogP contribution is -2.40. The van der Waals surface area contributed by atoms with Crippen molar-refractivity contribution in [2.75, 3.05) is 7.11 Å². The molecule has 2 N–H and O–H groups in total. The van der Waals surface area contributed by atoms with Crippen molar-refractivity contribution in [2.45, 2.75) is 32.4 Å².